The summed E-state index contributed by atoms with van der Waals surface area (Å²) in [6, 6.07) is 14.7. The number of aromatic nitrogens is 3. The molecule has 2 unspecified atom stereocenters. The van der Waals surface area contributed by atoms with E-state index in [0.29, 0.717) is 43.2 Å². The molecular weight excluding hydrogens is 472 g/mol. The van der Waals surface area contributed by atoms with Crippen LogP contribution < -0.4 is 20.3 Å². The molecule has 0 saturated carbocycles. The second kappa shape index (κ2) is 13.3. The summed E-state index contributed by atoms with van der Waals surface area (Å²) in [5, 5.41) is 11.0. The molecule has 2 aromatic carbocycles. The van der Waals surface area contributed by atoms with Crippen LogP contribution in [-0.2, 0) is 22.4 Å². The van der Waals surface area contributed by atoms with Crippen molar-refractivity contribution in [2.45, 2.75) is 52.5 Å². The van der Waals surface area contributed by atoms with Crippen molar-refractivity contribution in [3.8, 4) is 11.5 Å². The van der Waals surface area contributed by atoms with Crippen molar-refractivity contribution in [2.24, 2.45) is 5.92 Å². The van der Waals surface area contributed by atoms with Crippen LogP contribution in [0.2, 0.25) is 0 Å². The van der Waals surface area contributed by atoms with Crippen LogP contribution in [0.3, 0.4) is 0 Å². The zero-order valence-electron chi connectivity index (χ0n) is 21.7. The first kappa shape index (κ1) is 27.6. The van der Waals surface area contributed by atoms with E-state index in [1.807, 2.05) is 49.4 Å². The van der Waals surface area contributed by atoms with E-state index in [-0.39, 0.29) is 11.5 Å². The summed E-state index contributed by atoms with van der Waals surface area (Å²) in [7, 11) is 1.57. The van der Waals surface area contributed by atoms with Gasteiger partial charge in [0, 0.05) is 6.42 Å². The number of aryl methyl sites for hydroxylation is 1. The lowest BCUT2D eigenvalue weighted by Crippen LogP contribution is -2.38. The van der Waals surface area contributed by atoms with Crippen LogP contribution in [0.25, 0.3) is 0 Å². The molecule has 1 heterocycles. The average molecular weight is 507 g/mol. The Kier molecular flexibility index (Phi) is 9.94. The highest BCUT2D eigenvalue weighted by molar-refractivity contribution is 6.00. The van der Waals surface area contributed by atoms with Gasteiger partial charge in [0.25, 0.3) is 5.56 Å². The number of methoxy groups -OCH3 is 1. The van der Waals surface area contributed by atoms with E-state index >= 15 is 0 Å². The number of Topliss-reactive ketones (excluding diaryl/α,β-unsaturated/α-hetero) is 1. The number of aromatic amines is 1. The summed E-state index contributed by atoms with van der Waals surface area (Å²) in [6.07, 6.45) is 2.23. The van der Waals surface area contributed by atoms with Crippen molar-refractivity contribution in [1.82, 2.24) is 20.5 Å². The third kappa shape index (κ3) is 7.73. The van der Waals surface area contributed by atoms with Gasteiger partial charge in [0.1, 0.15) is 17.3 Å². The van der Waals surface area contributed by atoms with Crippen LogP contribution in [0.5, 0.6) is 11.5 Å². The van der Waals surface area contributed by atoms with Gasteiger partial charge in [-0.2, -0.15) is 0 Å². The fraction of sp³-hybridized carbons (Fsp3) is 0.393. The van der Waals surface area contributed by atoms with Crippen molar-refractivity contribution < 1.29 is 19.1 Å². The lowest BCUT2D eigenvalue weighted by molar-refractivity contribution is -0.133. The Hall–Kier alpha value is -4.01. The number of nitrogens with zero attached hydrogens (tertiary/aromatic N) is 2. The fourth-order valence-electron chi connectivity index (χ4n) is 4.09. The first-order valence-corrected chi connectivity index (χ1v) is 12.4. The van der Waals surface area contributed by atoms with Gasteiger partial charge in [0.2, 0.25) is 5.91 Å². The van der Waals surface area contributed by atoms with Gasteiger partial charge < -0.3 is 19.8 Å². The van der Waals surface area contributed by atoms with E-state index in [0.717, 1.165) is 17.5 Å². The van der Waals surface area contributed by atoms with Crippen molar-refractivity contribution >= 4 is 11.7 Å². The molecule has 2 atom stereocenters. The van der Waals surface area contributed by atoms with Crippen LogP contribution in [0.1, 0.15) is 62.3 Å². The monoisotopic (exact) mass is 506 g/mol. The maximum atomic E-state index is 12.9. The molecule has 3 aromatic rings. The van der Waals surface area contributed by atoms with Crippen molar-refractivity contribution in [3.63, 3.8) is 0 Å². The number of hydrogen-bond acceptors (Lipinski definition) is 7. The molecule has 3 rings (SSSR count). The van der Waals surface area contributed by atoms with Gasteiger partial charge in [0.05, 0.1) is 25.7 Å². The highest BCUT2D eigenvalue weighted by Gasteiger charge is 2.26. The predicted octanol–water partition coefficient (Wildman–Crippen LogP) is 3.57. The average Bonchev–Trinajstić information content (AvgIpc) is 2.87. The highest BCUT2D eigenvalue weighted by Crippen LogP contribution is 2.28. The Balaban J connectivity index is 1.63. The second-order valence-electron chi connectivity index (χ2n) is 8.85. The largest absolute Gasteiger partial charge is 0.493 e. The number of amides is 1. The van der Waals surface area contributed by atoms with Crippen LogP contribution in [0, 0.1) is 5.92 Å². The molecule has 0 spiro atoms. The zero-order valence-corrected chi connectivity index (χ0v) is 21.7. The van der Waals surface area contributed by atoms with E-state index < -0.39 is 23.4 Å². The second-order valence-corrected chi connectivity index (χ2v) is 8.85. The maximum absolute atomic E-state index is 12.9. The lowest BCUT2D eigenvalue weighted by atomic mass is 9.95. The molecule has 37 heavy (non-hydrogen) atoms. The van der Waals surface area contributed by atoms with Gasteiger partial charge in [-0.05, 0) is 63.3 Å². The van der Waals surface area contributed by atoms with E-state index in [9.17, 15) is 14.4 Å². The normalized spacial score (nSPS) is 12.4. The Labute approximate surface area is 216 Å². The summed E-state index contributed by atoms with van der Waals surface area (Å²) < 4.78 is 10.9. The molecule has 0 saturated heterocycles. The molecule has 0 bridgehead atoms. The molecule has 1 amide bonds. The molecule has 2 N–H and O–H groups in total. The number of carbonyl (C=O) groups is 2. The van der Waals surface area contributed by atoms with Crippen LogP contribution in [-0.4, -0.2) is 40.6 Å². The number of carbonyl (C=O) groups excluding carboxylic acids is 2. The van der Waals surface area contributed by atoms with Gasteiger partial charge in [-0.3, -0.25) is 14.4 Å². The van der Waals surface area contributed by atoms with E-state index in [1.54, 1.807) is 20.1 Å². The quantitative estimate of drug-likeness (QED) is 0.340. The number of benzene rings is 2. The minimum atomic E-state index is -0.785. The molecule has 0 aliphatic heterocycles. The van der Waals surface area contributed by atoms with Gasteiger partial charge in [-0.25, -0.2) is 0 Å². The fourth-order valence-corrected chi connectivity index (χ4v) is 4.09. The third-order valence-electron chi connectivity index (χ3n) is 6.05. The van der Waals surface area contributed by atoms with E-state index in [2.05, 4.69) is 20.5 Å². The molecule has 0 aliphatic rings. The number of hydrogen-bond donors (Lipinski definition) is 2. The summed E-state index contributed by atoms with van der Waals surface area (Å²) in [5.41, 5.74) is 1.65. The number of rotatable bonds is 13. The van der Waals surface area contributed by atoms with Gasteiger partial charge in [0.15, 0.2) is 11.5 Å². The first-order chi connectivity index (χ1) is 17.8. The number of ketones is 1. The van der Waals surface area contributed by atoms with E-state index in [1.165, 1.54) is 6.92 Å². The molecule has 196 valence electrons. The summed E-state index contributed by atoms with van der Waals surface area (Å²) in [5.74, 6) is 0.192. The topological polar surface area (TPSA) is 123 Å². The van der Waals surface area contributed by atoms with Crippen LogP contribution >= 0.6 is 0 Å². The first-order valence-electron chi connectivity index (χ1n) is 12.4. The molecule has 0 radical (unpaired) electrons. The van der Waals surface area contributed by atoms with Crippen LogP contribution in [0.4, 0.5) is 0 Å². The molecule has 9 nitrogen and oxygen atoms in total. The molecule has 1 aromatic heterocycles. The summed E-state index contributed by atoms with van der Waals surface area (Å²) in [4.78, 5) is 40.5. The smallest absolute Gasteiger partial charge is 0.275 e. The lowest BCUT2D eigenvalue weighted by Gasteiger charge is -2.18. The third-order valence-corrected chi connectivity index (χ3v) is 6.05. The molecule has 0 fully saturated rings. The Morgan fingerprint density at radius 3 is 2.46 bits per heavy atom. The van der Waals surface area contributed by atoms with Gasteiger partial charge in [-0.15, -0.1) is 10.2 Å². The SMILES string of the molecule is CCOc1cc(Cc2nnc(C(C)NC(=O)C(CCCc3ccccc3)C(C)=O)c(=O)[nH]2)ccc1OC. The standard InChI is InChI=1S/C28H34N4O5/c1-5-37-24-16-21(14-15-23(24)36-4)17-25-30-28(35)26(32-31-25)18(2)29-27(34)22(19(3)33)13-9-12-20-10-7-6-8-11-20/h6-8,10-11,14-16,18,22H,5,9,12-13,17H2,1-4H3,(H,29,34)(H,30,31,35). The summed E-state index contributed by atoms with van der Waals surface area (Å²) in [6.45, 7) is 5.44. The maximum Gasteiger partial charge on any atom is 0.275 e. The van der Waals surface area contributed by atoms with Crippen molar-refractivity contribution in [3.05, 3.63) is 81.5 Å². The van der Waals surface area contributed by atoms with Crippen molar-refractivity contribution in [2.75, 3.05) is 13.7 Å². The number of ether oxygens (including phenoxy) is 2. The Morgan fingerprint density at radius 1 is 1.05 bits per heavy atom. The Bertz CT molecular complexity index is 1260. The molecule has 9 heteroatoms. The van der Waals surface area contributed by atoms with E-state index in [4.69, 9.17) is 9.47 Å². The number of H-pyrrole nitrogens is 1. The van der Waals surface area contributed by atoms with Crippen LogP contribution in [0.15, 0.2) is 53.3 Å². The van der Waals surface area contributed by atoms with Gasteiger partial charge >= 0.3 is 0 Å². The Morgan fingerprint density at radius 2 is 1.81 bits per heavy atom. The number of nitrogens with one attached hydrogen (secondary N) is 2. The summed E-state index contributed by atoms with van der Waals surface area (Å²) >= 11 is 0. The molecular formula is C28H34N4O5. The van der Waals surface area contributed by atoms with Crippen molar-refractivity contribution in [1.29, 1.82) is 0 Å². The minimum absolute atomic E-state index is 0.0772. The minimum Gasteiger partial charge on any atom is -0.493 e. The predicted molar refractivity (Wildman–Crippen MR) is 140 cm³/mol. The van der Waals surface area contributed by atoms with Gasteiger partial charge in [-0.1, -0.05) is 36.4 Å². The zero-order chi connectivity index (χ0) is 26.8. The highest BCUT2D eigenvalue weighted by atomic mass is 16.5. The molecule has 0 aliphatic carbocycles.